The molecule has 2 aromatic heterocycles. The number of H-pyrrole nitrogens is 1. The Morgan fingerprint density at radius 3 is 2.08 bits per heavy atom. The second kappa shape index (κ2) is 25.2. The van der Waals surface area contributed by atoms with E-state index in [0.29, 0.717) is 45.2 Å². The van der Waals surface area contributed by atoms with Gasteiger partial charge < -0.3 is 49.4 Å². The van der Waals surface area contributed by atoms with Crippen molar-refractivity contribution in [3.63, 3.8) is 0 Å². The highest BCUT2D eigenvalue weighted by Crippen LogP contribution is 2.41. The van der Waals surface area contributed by atoms with Crippen LogP contribution in [0, 0.1) is 0 Å². The number of esters is 3. The molecule has 21 nitrogen and oxygen atoms in total. The molecule has 2 aliphatic rings. The van der Waals surface area contributed by atoms with Crippen LogP contribution >= 0.6 is 0 Å². The van der Waals surface area contributed by atoms with Crippen LogP contribution in [0.25, 0.3) is 44.3 Å². The number of hydrogen-bond donors (Lipinski definition) is 5. The number of Topliss-reactive ketones (excluding diaryl/α,β-unsaturated/α-hetero) is 1. The van der Waals surface area contributed by atoms with Gasteiger partial charge in [0.1, 0.15) is 35.5 Å². The standard InChI is InChI=1S/C58H53N7O14/c1-65-29-35(39-13-7-9-15-47(39)65)24-45(63-54(71)34-17-19-40(36(23-34)30-66)53-41-14-8-10-16-49(41)79-50-26-38(67)18-20-42(50)53)56(73)61-43(21-22-51(69)76-2)55(72)64-46(25-37-28-59-32-60-37)57(74)62-44(27-52(70)77-3)48(68)31-78-58(75)33-11-5-4-6-12-33/h4-20,23,26,28-30,32,43-46H,21-22,24-25,27,31H2,1-3H3,(H,59,60)(H,61,73)(H,62,74)(H,63,71)(H,64,72). The van der Waals surface area contributed by atoms with Crippen molar-refractivity contribution in [3.05, 3.63) is 172 Å². The van der Waals surface area contributed by atoms with E-state index in [1.54, 1.807) is 60.8 Å². The van der Waals surface area contributed by atoms with Crippen molar-refractivity contribution >= 4 is 75.5 Å². The molecule has 0 bridgehead atoms. The summed E-state index contributed by atoms with van der Waals surface area (Å²) in [6.07, 6.45) is 3.23. The predicted octanol–water partition coefficient (Wildman–Crippen LogP) is 4.57. The molecule has 0 spiro atoms. The van der Waals surface area contributed by atoms with E-state index in [4.69, 9.17) is 18.6 Å². The third kappa shape index (κ3) is 13.3. The Bertz CT molecular complexity index is 3630. The number of rotatable bonds is 23. The monoisotopic (exact) mass is 1070 g/mol. The molecule has 1 aliphatic carbocycles. The summed E-state index contributed by atoms with van der Waals surface area (Å²) in [5.41, 5.74) is 3.75. The fraction of sp³-hybridized carbons (Fsp3) is 0.224. The number of aromatic amines is 1. The van der Waals surface area contributed by atoms with E-state index in [-0.39, 0.29) is 47.1 Å². The summed E-state index contributed by atoms with van der Waals surface area (Å²) < 4.78 is 22.7. The molecule has 6 aromatic rings. The van der Waals surface area contributed by atoms with Crippen molar-refractivity contribution in [2.75, 3.05) is 20.8 Å². The van der Waals surface area contributed by atoms with Crippen LogP contribution in [0.4, 0.5) is 0 Å². The number of ether oxygens (including phenoxy) is 3. The Morgan fingerprint density at radius 2 is 1.35 bits per heavy atom. The lowest BCUT2D eigenvalue weighted by Crippen LogP contribution is -2.58. The highest BCUT2D eigenvalue weighted by atomic mass is 16.5. The highest BCUT2D eigenvalue weighted by molar-refractivity contribution is 6.07. The number of aromatic nitrogens is 3. The second-order valence-electron chi connectivity index (χ2n) is 18.3. The topological polar surface area (TPSA) is 293 Å². The summed E-state index contributed by atoms with van der Waals surface area (Å²) in [6, 6.07) is 24.9. The molecule has 21 heteroatoms. The molecule has 1 aliphatic heterocycles. The first-order valence-corrected chi connectivity index (χ1v) is 24.8. The summed E-state index contributed by atoms with van der Waals surface area (Å²) in [5, 5.41) is 11.9. The molecule has 404 valence electrons. The summed E-state index contributed by atoms with van der Waals surface area (Å²) in [4.78, 5) is 142. The van der Waals surface area contributed by atoms with Crippen molar-refractivity contribution in [1.29, 1.82) is 0 Å². The van der Waals surface area contributed by atoms with E-state index >= 15 is 0 Å². The molecule has 4 amide bonds. The molecule has 3 heterocycles. The van der Waals surface area contributed by atoms with Gasteiger partial charge in [-0.15, -0.1) is 0 Å². The first-order valence-electron chi connectivity index (χ1n) is 24.8. The number of aryl methyl sites for hydroxylation is 1. The predicted molar refractivity (Wildman–Crippen MR) is 286 cm³/mol. The normalized spacial score (nSPS) is 12.6. The van der Waals surface area contributed by atoms with Crippen LogP contribution in [-0.4, -0.2) is 113 Å². The second-order valence-corrected chi connectivity index (χ2v) is 18.3. The lowest BCUT2D eigenvalue weighted by molar-refractivity contribution is -0.144. The van der Waals surface area contributed by atoms with Crippen LogP contribution in [0.3, 0.4) is 0 Å². The number of benzene rings is 5. The molecule has 4 unspecified atom stereocenters. The number of ketones is 1. The number of fused-ring (bicyclic) bond motifs is 3. The summed E-state index contributed by atoms with van der Waals surface area (Å²) in [5.74, 6) is -6.71. The van der Waals surface area contributed by atoms with Crippen molar-refractivity contribution < 1.29 is 61.8 Å². The van der Waals surface area contributed by atoms with E-state index in [1.165, 1.54) is 48.9 Å². The van der Waals surface area contributed by atoms with Gasteiger partial charge in [0, 0.05) is 89.0 Å². The van der Waals surface area contributed by atoms with E-state index in [1.807, 2.05) is 35.9 Å². The van der Waals surface area contributed by atoms with Crippen molar-refractivity contribution in [2.24, 2.45) is 7.05 Å². The SMILES string of the molecule is COC(=O)CCC(NC(=O)C(Cc1cn(C)c2ccccc12)NC(=O)c1ccc(-c2c3ccc(=O)cc-3oc3ccccc23)c(C=O)c1)C(=O)NC(Cc1cnc[nH]1)C(=O)NC(CC(=O)OC)C(=O)COC(=O)c1ccccc1. The van der Waals surface area contributed by atoms with E-state index in [9.17, 15) is 47.9 Å². The number of methoxy groups -OCH3 is 2. The van der Waals surface area contributed by atoms with Gasteiger partial charge in [-0.25, -0.2) is 9.78 Å². The van der Waals surface area contributed by atoms with Gasteiger partial charge in [0.15, 0.2) is 24.1 Å². The molecular formula is C58H53N7O14. The average molecular weight is 1070 g/mol. The van der Waals surface area contributed by atoms with Gasteiger partial charge in [0.2, 0.25) is 17.7 Å². The Hall–Kier alpha value is -10.1. The van der Waals surface area contributed by atoms with Crippen LogP contribution < -0.4 is 26.7 Å². The zero-order chi connectivity index (χ0) is 56.2. The first-order chi connectivity index (χ1) is 38.1. The number of para-hydroxylation sites is 2. The number of aldehydes is 1. The van der Waals surface area contributed by atoms with Gasteiger partial charge in [0.25, 0.3) is 5.91 Å². The zero-order valence-electron chi connectivity index (χ0n) is 42.9. The van der Waals surface area contributed by atoms with Crippen LogP contribution in [0.5, 0.6) is 0 Å². The van der Waals surface area contributed by atoms with Gasteiger partial charge in [-0.2, -0.15) is 0 Å². The number of imidazole rings is 1. The minimum Gasteiger partial charge on any atom is -0.469 e. The summed E-state index contributed by atoms with van der Waals surface area (Å²) in [6.45, 7) is -0.848. The molecule has 4 aromatic carbocycles. The summed E-state index contributed by atoms with van der Waals surface area (Å²) >= 11 is 0. The van der Waals surface area contributed by atoms with Crippen LogP contribution in [0.2, 0.25) is 0 Å². The molecule has 0 radical (unpaired) electrons. The molecule has 0 saturated heterocycles. The Kier molecular flexibility index (Phi) is 17.6. The molecule has 79 heavy (non-hydrogen) atoms. The van der Waals surface area contributed by atoms with E-state index in [2.05, 4.69) is 31.2 Å². The van der Waals surface area contributed by atoms with Crippen LogP contribution in [0.1, 0.15) is 61.6 Å². The Morgan fingerprint density at radius 1 is 0.696 bits per heavy atom. The third-order valence-electron chi connectivity index (χ3n) is 13.1. The minimum atomic E-state index is -1.61. The van der Waals surface area contributed by atoms with Gasteiger partial charge in [0.05, 0.1) is 32.5 Å². The van der Waals surface area contributed by atoms with Gasteiger partial charge >= 0.3 is 17.9 Å². The maximum absolute atomic E-state index is 14.8. The smallest absolute Gasteiger partial charge is 0.338 e. The third-order valence-corrected chi connectivity index (χ3v) is 13.1. The minimum absolute atomic E-state index is 0.0105. The van der Waals surface area contributed by atoms with Crippen molar-refractivity contribution in [3.8, 4) is 22.5 Å². The first kappa shape index (κ1) is 55.2. The van der Waals surface area contributed by atoms with Gasteiger partial charge in [-0.1, -0.05) is 60.7 Å². The number of nitrogens with one attached hydrogen (secondary N) is 5. The Labute approximate surface area is 450 Å². The molecule has 8 rings (SSSR count). The molecule has 4 atom stereocenters. The van der Waals surface area contributed by atoms with E-state index < -0.39 is 90.9 Å². The molecular weight excluding hydrogens is 1020 g/mol. The van der Waals surface area contributed by atoms with Gasteiger partial charge in [-0.3, -0.25) is 43.2 Å². The molecule has 0 saturated carbocycles. The maximum atomic E-state index is 14.8. The quantitative estimate of drug-likeness (QED) is 0.0254. The average Bonchev–Trinajstić information content (AvgIpc) is 4.17. The molecule has 0 fully saturated rings. The van der Waals surface area contributed by atoms with Crippen LogP contribution in [0.15, 0.2) is 143 Å². The number of carbonyl (C=O) groups excluding carboxylic acids is 9. The Balaban J connectivity index is 1.08. The van der Waals surface area contributed by atoms with Crippen LogP contribution in [-0.2, 0) is 62.9 Å². The maximum Gasteiger partial charge on any atom is 0.338 e. The number of carbonyl (C=O) groups is 9. The highest BCUT2D eigenvalue weighted by Gasteiger charge is 2.34. The molecule has 5 N–H and O–H groups in total. The van der Waals surface area contributed by atoms with E-state index in [0.717, 1.165) is 25.1 Å². The number of nitrogens with zero attached hydrogens (tertiary/aromatic N) is 2. The lowest BCUT2D eigenvalue weighted by atomic mass is 9.90. The largest absolute Gasteiger partial charge is 0.469 e. The summed E-state index contributed by atoms with van der Waals surface area (Å²) in [7, 11) is 4.02. The van der Waals surface area contributed by atoms with Gasteiger partial charge in [-0.05, 0) is 66.1 Å². The fourth-order valence-electron chi connectivity index (χ4n) is 9.06. The lowest BCUT2D eigenvalue weighted by Gasteiger charge is -2.26. The number of hydrogen-bond acceptors (Lipinski definition) is 15. The number of amides is 4. The van der Waals surface area contributed by atoms with Crippen molar-refractivity contribution in [2.45, 2.75) is 56.3 Å². The van der Waals surface area contributed by atoms with Crippen molar-refractivity contribution in [1.82, 2.24) is 35.8 Å². The zero-order valence-corrected chi connectivity index (χ0v) is 42.9. The fourth-order valence-corrected chi connectivity index (χ4v) is 9.06.